The number of nitrogens with one attached hydrogen (secondary N) is 2. The number of esters is 1. The molecule has 45 heavy (non-hydrogen) atoms. The first kappa shape index (κ1) is 30.4. The number of carbonyl (C=O) groups is 3. The van der Waals surface area contributed by atoms with Crippen molar-refractivity contribution in [3.63, 3.8) is 0 Å². The summed E-state index contributed by atoms with van der Waals surface area (Å²) < 4.78 is 26.5. The van der Waals surface area contributed by atoms with E-state index in [1.165, 1.54) is 30.4 Å². The van der Waals surface area contributed by atoms with Crippen LogP contribution in [0.5, 0.6) is 11.5 Å². The maximum atomic E-state index is 14.9. The number of pyridine rings is 2. The number of anilines is 1. The molecule has 0 spiro atoms. The van der Waals surface area contributed by atoms with Gasteiger partial charge >= 0.3 is 12.0 Å². The minimum atomic E-state index is -0.595. The fourth-order valence-corrected chi connectivity index (χ4v) is 6.13. The number of rotatable bonds is 9. The largest absolute Gasteiger partial charge is 0.456 e. The molecule has 0 radical (unpaired) electrons. The zero-order valence-electron chi connectivity index (χ0n) is 24.9. The molecular formula is C32H33FN6O5S. The molecule has 2 aliphatic rings. The fraction of sp³-hybridized carbons (Fsp3) is 0.344. The first-order valence-corrected chi connectivity index (χ1v) is 15.6. The fourth-order valence-electron chi connectivity index (χ4n) is 5.09. The number of carbonyl (C=O) groups excluding carboxylic acids is 3. The van der Waals surface area contributed by atoms with Gasteiger partial charge in [-0.2, -0.15) is 0 Å². The summed E-state index contributed by atoms with van der Waals surface area (Å²) in [6.45, 7) is 5.66. The van der Waals surface area contributed by atoms with Crippen molar-refractivity contribution in [1.82, 2.24) is 25.1 Å². The zero-order chi connectivity index (χ0) is 31.5. The van der Waals surface area contributed by atoms with E-state index in [-0.39, 0.29) is 36.4 Å². The van der Waals surface area contributed by atoms with Crippen LogP contribution in [0.4, 0.5) is 14.9 Å². The van der Waals surface area contributed by atoms with Crippen LogP contribution in [0, 0.1) is 5.82 Å². The van der Waals surface area contributed by atoms with Crippen molar-refractivity contribution in [2.24, 2.45) is 0 Å². The normalized spacial score (nSPS) is 16.8. The molecule has 1 saturated heterocycles. The molecule has 13 heteroatoms. The van der Waals surface area contributed by atoms with Crippen LogP contribution in [0.2, 0.25) is 0 Å². The summed E-state index contributed by atoms with van der Waals surface area (Å²) in [5.74, 6) is -0.731. The first-order valence-electron chi connectivity index (χ1n) is 14.8. The number of hydrogen-bond donors (Lipinski definition) is 2. The van der Waals surface area contributed by atoms with Gasteiger partial charge in [0.15, 0.2) is 18.2 Å². The number of thiophene rings is 1. The summed E-state index contributed by atoms with van der Waals surface area (Å²) in [5.41, 5.74) is 2.89. The first-order chi connectivity index (χ1) is 21.7. The number of hydrogen-bond acceptors (Lipinski definition) is 9. The van der Waals surface area contributed by atoms with E-state index in [9.17, 15) is 18.8 Å². The lowest BCUT2D eigenvalue weighted by molar-refractivity contribution is -0.151. The molecule has 2 fully saturated rings. The van der Waals surface area contributed by atoms with E-state index in [0.29, 0.717) is 43.1 Å². The maximum Gasteiger partial charge on any atom is 0.319 e. The van der Waals surface area contributed by atoms with Gasteiger partial charge in [-0.1, -0.05) is 6.07 Å². The van der Waals surface area contributed by atoms with Crippen LogP contribution in [0.25, 0.3) is 20.8 Å². The van der Waals surface area contributed by atoms with Crippen LogP contribution in [0.3, 0.4) is 0 Å². The number of amides is 3. The summed E-state index contributed by atoms with van der Waals surface area (Å²) in [5, 5.41) is 5.45. The molecule has 4 aromatic rings. The highest BCUT2D eigenvalue weighted by atomic mass is 32.1. The van der Waals surface area contributed by atoms with Crippen molar-refractivity contribution in [2.45, 2.75) is 45.3 Å². The standard InChI is InChI=1S/C32H33FN6O5S/c1-19-16-39(30(41)18-43-20(2)40)12-11-38(19)17-21-3-7-25(35-15-21)29-14-26-31(45-29)28(9-10-34-26)44-27-8-6-23(13-24(27)33)37-32(42)36-22-4-5-22/h3,6-10,13-15,19,22H,4-5,11-12,16-18H2,1-2H3,(H2,36,37,42). The average Bonchev–Trinajstić information content (AvgIpc) is 3.72. The number of urea groups is 1. The number of nitrogens with zero attached hydrogens (tertiary/aromatic N) is 4. The van der Waals surface area contributed by atoms with Gasteiger partial charge in [-0.3, -0.25) is 24.5 Å². The lowest BCUT2D eigenvalue weighted by Gasteiger charge is -2.39. The summed E-state index contributed by atoms with van der Waals surface area (Å²) in [6, 6.07) is 11.9. The van der Waals surface area contributed by atoms with Gasteiger partial charge in [-0.15, -0.1) is 11.3 Å². The third-order valence-corrected chi connectivity index (χ3v) is 8.84. The quantitative estimate of drug-likeness (QED) is 0.242. The molecule has 0 bridgehead atoms. The second-order valence-corrected chi connectivity index (χ2v) is 12.3. The van der Waals surface area contributed by atoms with E-state index >= 15 is 0 Å². The van der Waals surface area contributed by atoms with Gasteiger partial charge in [0.2, 0.25) is 0 Å². The lowest BCUT2D eigenvalue weighted by Crippen LogP contribution is -2.53. The Morgan fingerprint density at radius 2 is 1.91 bits per heavy atom. The van der Waals surface area contributed by atoms with Crippen molar-refractivity contribution in [2.75, 3.05) is 31.6 Å². The molecule has 4 heterocycles. The van der Waals surface area contributed by atoms with Gasteiger partial charge < -0.3 is 25.0 Å². The molecule has 2 N–H and O–H groups in total. The number of benzene rings is 1. The molecule has 1 atom stereocenters. The van der Waals surface area contributed by atoms with Crippen molar-refractivity contribution < 1.29 is 28.2 Å². The predicted octanol–water partition coefficient (Wildman–Crippen LogP) is 5.17. The Labute approximate surface area is 263 Å². The van der Waals surface area contributed by atoms with Gasteiger partial charge in [0.05, 0.1) is 20.8 Å². The van der Waals surface area contributed by atoms with Gasteiger partial charge in [-0.05, 0) is 49.6 Å². The third kappa shape index (κ3) is 7.55. The summed E-state index contributed by atoms with van der Waals surface area (Å²) in [4.78, 5) is 49.4. The Morgan fingerprint density at radius 1 is 1.07 bits per heavy atom. The van der Waals surface area contributed by atoms with E-state index in [2.05, 4.69) is 27.4 Å². The van der Waals surface area contributed by atoms with E-state index in [1.54, 1.807) is 23.2 Å². The maximum absolute atomic E-state index is 14.9. The van der Waals surface area contributed by atoms with Gasteiger partial charge in [-0.25, -0.2) is 9.18 Å². The molecule has 11 nitrogen and oxygen atoms in total. The molecule has 1 aliphatic carbocycles. The summed E-state index contributed by atoms with van der Waals surface area (Å²) >= 11 is 1.46. The number of ether oxygens (including phenoxy) is 2. The van der Waals surface area contributed by atoms with Crippen LogP contribution < -0.4 is 15.4 Å². The second-order valence-electron chi connectivity index (χ2n) is 11.2. The predicted molar refractivity (Wildman–Crippen MR) is 168 cm³/mol. The Kier molecular flexibility index (Phi) is 8.90. The minimum Gasteiger partial charge on any atom is -0.456 e. The summed E-state index contributed by atoms with van der Waals surface area (Å²) in [6.07, 6.45) is 5.40. The molecule has 3 aromatic heterocycles. The molecule has 1 unspecified atom stereocenters. The summed E-state index contributed by atoms with van der Waals surface area (Å²) in [7, 11) is 0. The molecule has 3 amide bonds. The van der Waals surface area contributed by atoms with Crippen LogP contribution >= 0.6 is 11.3 Å². The van der Waals surface area contributed by atoms with Crippen LogP contribution in [-0.2, 0) is 20.9 Å². The van der Waals surface area contributed by atoms with E-state index in [1.807, 2.05) is 24.4 Å². The van der Waals surface area contributed by atoms with Crippen molar-refractivity contribution in [1.29, 1.82) is 0 Å². The lowest BCUT2D eigenvalue weighted by atomic mass is 10.1. The highest BCUT2D eigenvalue weighted by Crippen LogP contribution is 2.39. The third-order valence-electron chi connectivity index (χ3n) is 7.68. The Morgan fingerprint density at radius 3 is 2.62 bits per heavy atom. The highest BCUT2D eigenvalue weighted by Gasteiger charge is 2.27. The van der Waals surface area contributed by atoms with Crippen LogP contribution in [0.15, 0.2) is 54.9 Å². The molecule has 1 aromatic carbocycles. The molecule has 1 saturated carbocycles. The van der Waals surface area contributed by atoms with E-state index < -0.39 is 11.8 Å². The van der Waals surface area contributed by atoms with E-state index in [0.717, 1.165) is 33.7 Å². The second kappa shape index (κ2) is 13.2. The van der Waals surface area contributed by atoms with Gasteiger partial charge in [0.25, 0.3) is 5.91 Å². The Hall–Kier alpha value is -4.62. The number of halogens is 1. The average molecular weight is 633 g/mol. The number of aromatic nitrogens is 2. The smallest absolute Gasteiger partial charge is 0.319 e. The molecule has 1 aliphatic heterocycles. The molecule has 234 valence electrons. The zero-order valence-corrected chi connectivity index (χ0v) is 25.7. The van der Waals surface area contributed by atoms with Crippen molar-refractivity contribution in [3.8, 4) is 22.1 Å². The van der Waals surface area contributed by atoms with Crippen LogP contribution in [-0.4, -0.2) is 76.0 Å². The van der Waals surface area contributed by atoms with Crippen molar-refractivity contribution in [3.05, 3.63) is 66.2 Å². The number of piperazine rings is 1. The number of fused-ring (bicyclic) bond motifs is 1. The Bertz CT molecular complexity index is 1730. The van der Waals surface area contributed by atoms with Gasteiger partial charge in [0, 0.05) is 75.4 Å². The minimum absolute atomic E-state index is 0.0388. The molecule has 6 rings (SSSR count). The SMILES string of the molecule is CC(=O)OCC(=O)N1CCN(Cc2ccc(-c3cc4nccc(Oc5ccc(NC(=O)NC6CC6)cc5F)c4s3)nc2)C(C)C1. The highest BCUT2D eigenvalue weighted by molar-refractivity contribution is 7.22. The Balaban J connectivity index is 1.09. The van der Waals surface area contributed by atoms with Crippen molar-refractivity contribution >= 4 is 45.1 Å². The van der Waals surface area contributed by atoms with Crippen LogP contribution in [0.1, 0.15) is 32.3 Å². The molecular weight excluding hydrogens is 599 g/mol. The van der Waals surface area contributed by atoms with Gasteiger partial charge in [0.1, 0.15) is 5.75 Å². The topological polar surface area (TPSA) is 126 Å². The monoisotopic (exact) mass is 632 g/mol. The van der Waals surface area contributed by atoms with E-state index in [4.69, 9.17) is 14.5 Å².